The van der Waals surface area contributed by atoms with Gasteiger partial charge in [-0.25, -0.2) is 0 Å². The lowest BCUT2D eigenvalue weighted by atomic mass is 10.0. The van der Waals surface area contributed by atoms with E-state index in [0.29, 0.717) is 37.2 Å². The average molecular weight is 458 g/mol. The minimum atomic E-state index is -0.623. The smallest absolute Gasteiger partial charge is 0.255 e. The molecule has 1 aromatic rings. The third-order valence-corrected chi connectivity index (χ3v) is 6.95. The summed E-state index contributed by atoms with van der Waals surface area (Å²) in [6.07, 6.45) is 4.01. The van der Waals surface area contributed by atoms with Crippen molar-refractivity contribution in [3.05, 3.63) is 41.5 Å². The largest absolute Gasteiger partial charge is 0.489 e. The summed E-state index contributed by atoms with van der Waals surface area (Å²) in [7, 11) is 0. The lowest BCUT2D eigenvalue weighted by Crippen LogP contribution is -2.52. The van der Waals surface area contributed by atoms with E-state index in [-0.39, 0.29) is 37.1 Å². The first-order valence-corrected chi connectivity index (χ1v) is 11.8. The molecule has 0 bridgehead atoms. The van der Waals surface area contributed by atoms with Gasteiger partial charge in [0.15, 0.2) is 0 Å². The van der Waals surface area contributed by atoms with Crippen molar-refractivity contribution in [1.82, 2.24) is 15.1 Å². The van der Waals surface area contributed by atoms with Crippen LogP contribution in [0.1, 0.15) is 61.4 Å². The molecule has 1 aromatic carbocycles. The maximum Gasteiger partial charge on any atom is 0.255 e. The molecule has 1 unspecified atom stereocenters. The van der Waals surface area contributed by atoms with E-state index >= 15 is 0 Å². The Hall–Kier alpha value is -2.74. The molecular weight excluding hydrogens is 425 g/mol. The van der Waals surface area contributed by atoms with Crippen LogP contribution in [0.3, 0.4) is 0 Å². The number of carbonyl (C=O) groups excluding carboxylic acids is 3. The zero-order valence-corrected chi connectivity index (χ0v) is 19.1. The molecule has 1 aliphatic carbocycles. The van der Waals surface area contributed by atoms with Crippen LogP contribution in [0.2, 0.25) is 0 Å². The summed E-state index contributed by atoms with van der Waals surface area (Å²) in [5.74, 6) is -0.182. The second kappa shape index (κ2) is 10.0. The molecule has 0 aromatic heterocycles. The number of halogens is 1. The van der Waals surface area contributed by atoms with Crippen LogP contribution < -0.4 is 10.1 Å². The summed E-state index contributed by atoms with van der Waals surface area (Å²) in [6.45, 7) is 7.57. The molecule has 178 valence electrons. The van der Waals surface area contributed by atoms with Gasteiger partial charge in [0, 0.05) is 31.1 Å². The predicted octanol–water partition coefficient (Wildman–Crippen LogP) is 2.99. The number of amides is 3. The van der Waals surface area contributed by atoms with Crippen LogP contribution in [0.25, 0.3) is 0 Å². The van der Waals surface area contributed by atoms with E-state index < -0.39 is 11.9 Å². The van der Waals surface area contributed by atoms with Crippen LogP contribution in [0.5, 0.6) is 5.75 Å². The number of piperidine rings is 1. The van der Waals surface area contributed by atoms with Crippen LogP contribution in [-0.4, -0.2) is 65.5 Å². The van der Waals surface area contributed by atoms with Gasteiger partial charge in [-0.05, 0) is 62.4 Å². The molecule has 1 saturated carbocycles. The second-order valence-electron chi connectivity index (χ2n) is 9.13. The molecule has 4 rings (SSSR count). The van der Waals surface area contributed by atoms with Crippen molar-refractivity contribution in [2.24, 2.45) is 0 Å². The summed E-state index contributed by atoms with van der Waals surface area (Å²) in [5.41, 5.74) is 2.31. The quantitative estimate of drug-likeness (QED) is 0.456. The number of ether oxygens (including phenoxy) is 1. The Morgan fingerprint density at radius 2 is 2.09 bits per heavy atom. The fourth-order valence-corrected chi connectivity index (χ4v) is 5.22. The molecule has 2 aliphatic heterocycles. The average Bonchev–Trinajstić information content (AvgIpc) is 3.36. The molecule has 8 heteroatoms. The standard InChI is InChI=1S/C25H32FN3O4/c1-3-28(14-16(2)11-12-26)20-5-4-6-22(20)33-18-7-8-19-17(13-18)15-29(25(19)32)21-9-10-23(30)27-24(21)31/h7-8,13,20-22H,2-6,9-12,14-15H2,1H3,(H,27,30,31)/t20-,21?,22+/m1/s1. The number of fused-ring (bicyclic) bond motifs is 1. The van der Waals surface area contributed by atoms with Gasteiger partial charge in [0.05, 0.1) is 6.67 Å². The number of nitrogens with one attached hydrogen (secondary N) is 1. The highest BCUT2D eigenvalue weighted by atomic mass is 19.1. The third-order valence-electron chi connectivity index (χ3n) is 6.95. The Morgan fingerprint density at radius 1 is 1.27 bits per heavy atom. The van der Waals surface area contributed by atoms with Crippen molar-refractivity contribution < 1.29 is 23.5 Å². The number of carbonyl (C=O) groups is 3. The topological polar surface area (TPSA) is 79.0 Å². The monoisotopic (exact) mass is 457 g/mol. The highest BCUT2D eigenvalue weighted by Gasteiger charge is 2.39. The van der Waals surface area contributed by atoms with E-state index in [9.17, 15) is 18.8 Å². The van der Waals surface area contributed by atoms with Crippen LogP contribution in [0, 0.1) is 0 Å². The van der Waals surface area contributed by atoms with Gasteiger partial charge in [0.25, 0.3) is 5.91 Å². The molecule has 2 fully saturated rings. The van der Waals surface area contributed by atoms with Gasteiger partial charge in [-0.3, -0.25) is 29.0 Å². The highest BCUT2D eigenvalue weighted by molar-refractivity contribution is 6.05. The van der Waals surface area contributed by atoms with Gasteiger partial charge in [-0.15, -0.1) is 0 Å². The van der Waals surface area contributed by atoms with E-state index in [1.807, 2.05) is 12.1 Å². The van der Waals surface area contributed by atoms with Crippen molar-refractivity contribution in [3.63, 3.8) is 0 Å². The van der Waals surface area contributed by atoms with Gasteiger partial charge in [-0.1, -0.05) is 19.1 Å². The molecule has 7 nitrogen and oxygen atoms in total. The van der Waals surface area contributed by atoms with E-state index in [4.69, 9.17) is 4.74 Å². The Balaban J connectivity index is 1.44. The van der Waals surface area contributed by atoms with Crippen molar-refractivity contribution in [3.8, 4) is 5.75 Å². The van der Waals surface area contributed by atoms with E-state index in [2.05, 4.69) is 23.7 Å². The molecule has 33 heavy (non-hydrogen) atoms. The molecule has 3 aliphatic rings. The molecule has 1 N–H and O–H groups in total. The maximum atomic E-state index is 12.9. The van der Waals surface area contributed by atoms with Crippen molar-refractivity contribution in [2.75, 3.05) is 19.8 Å². The first-order valence-electron chi connectivity index (χ1n) is 11.8. The SMILES string of the molecule is C=C(CCF)CN(CC)[C@@H]1CCC[C@@H]1Oc1ccc2c(c1)CN(C1CCC(=O)NC1=O)C2=O. The molecule has 0 spiro atoms. The van der Waals surface area contributed by atoms with Gasteiger partial charge in [0.2, 0.25) is 11.8 Å². The third kappa shape index (κ3) is 4.95. The summed E-state index contributed by atoms with van der Waals surface area (Å²) in [6, 6.07) is 5.09. The van der Waals surface area contributed by atoms with Crippen molar-refractivity contribution >= 4 is 17.7 Å². The molecule has 2 heterocycles. The summed E-state index contributed by atoms with van der Waals surface area (Å²) < 4.78 is 19.1. The number of alkyl halides is 1. The second-order valence-corrected chi connectivity index (χ2v) is 9.13. The lowest BCUT2D eigenvalue weighted by Gasteiger charge is -2.33. The first kappa shape index (κ1) is 23.4. The number of rotatable bonds is 9. The number of hydrogen-bond donors (Lipinski definition) is 1. The Labute approximate surface area is 193 Å². The summed E-state index contributed by atoms with van der Waals surface area (Å²) in [5, 5.41) is 2.33. The van der Waals surface area contributed by atoms with Crippen molar-refractivity contribution in [2.45, 2.75) is 70.2 Å². The van der Waals surface area contributed by atoms with E-state index in [0.717, 1.165) is 36.9 Å². The number of imide groups is 1. The first-order chi connectivity index (χ1) is 15.9. The predicted molar refractivity (Wildman–Crippen MR) is 122 cm³/mol. The highest BCUT2D eigenvalue weighted by Crippen LogP contribution is 2.33. The van der Waals surface area contributed by atoms with Crippen LogP contribution >= 0.6 is 0 Å². The van der Waals surface area contributed by atoms with Gasteiger partial charge < -0.3 is 9.64 Å². The van der Waals surface area contributed by atoms with Crippen LogP contribution in [0.15, 0.2) is 30.4 Å². The maximum absolute atomic E-state index is 12.9. The minimum Gasteiger partial charge on any atom is -0.489 e. The number of likely N-dealkylation sites (N-methyl/N-ethyl adjacent to an activating group) is 1. The van der Waals surface area contributed by atoms with Gasteiger partial charge >= 0.3 is 0 Å². The molecule has 0 radical (unpaired) electrons. The normalized spacial score (nSPS) is 24.9. The number of hydrogen-bond acceptors (Lipinski definition) is 5. The van der Waals surface area contributed by atoms with Gasteiger partial charge in [0.1, 0.15) is 17.9 Å². The zero-order valence-electron chi connectivity index (χ0n) is 19.1. The fraction of sp³-hybridized carbons (Fsp3) is 0.560. The Morgan fingerprint density at radius 3 is 2.82 bits per heavy atom. The van der Waals surface area contributed by atoms with Crippen LogP contribution in [-0.2, 0) is 16.1 Å². The molecule has 3 atom stereocenters. The molecule has 1 saturated heterocycles. The van der Waals surface area contributed by atoms with Crippen LogP contribution in [0.4, 0.5) is 4.39 Å². The number of benzene rings is 1. The fourth-order valence-electron chi connectivity index (χ4n) is 5.22. The molecule has 3 amide bonds. The van der Waals surface area contributed by atoms with E-state index in [1.165, 1.54) is 0 Å². The van der Waals surface area contributed by atoms with Gasteiger partial charge in [-0.2, -0.15) is 0 Å². The lowest BCUT2D eigenvalue weighted by molar-refractivity contribution is -0.136. The van der Waals surface area contributed by atoms with E-state index in [1.54, 1.807) is 11.0 Å². The number of nitrogens with zero attached hydrogens (tertiary/aromatic N) is 2. The summed E-state index contributed by atoms with van der Waals surface area (Å²) >= 11 is 0. The summed E-state index contributed by atoms with van der Waals surface area (Å²) in [4.78, 5) is 40.5. The Kier molecular flexibility index (Phi) is 7.12. The zero-order chi connectivity index (χ0) is 23.5. The Bertz CT molecular complexity index is 950. The van der Waals surface area contributed by atoms with Crippen molar-refractivity contribution in [1.29, 1.82) is 0 Å². The minimum absolute atomic E-state index is 0.0181. The molecular formula is C25H32FN3O4.